The third kappa shape index (κ3) is 1.93. The zero-order chi connectivity index (χ0) is 14.1. The maximum Gasteiger partial charge on any atom is 0.137 e. The SMILES string of the molecule is C1=C\C=C/C(n2c3ccccc3c3ccccc32)=N\C=C/1. The standard InChI is InChI=1S/C19H14N2/c1-2-8-14-20-19(13-3-1)21-17-11-6-4-9-15(17)16-10-5-7-12-18(16)21/h1-14H/b2-1-,3-1?,8-2?,13-3-,14-8-,19-13?,20-14?,20-19+. The van der Waals surface area contributed by atoms with Crippen molar-refractivity contribution in [3.8, 4) is 0 Å². The van der Waals surface area contributed by atoms with Gasteiger partial charge < -0.3 is 0 Å². The van der Waals surface area contributed by atoms with Gasteiger partial charge in [-0.3, -0.25) is 4.57 Å². The first-order valence-corrected chi connectivity index (χ1v) is 7.01. The molecule has 2 heterocycles. The van der Waals surface area contributed by atoms with E-state index in [2.05, 4.69) is 58.1 Å². The molecule has 2 nitrogen and oxygen atoms in total. The van der Waals surface area contributed by atoms with Crippen molar-refractivity contribution in [3.63, 3.8) is 0 Å². The molecule has 0 N–H and O–H groups in total. The molecule has 3 aromatic rings. The van der Waals surface area contributed by atoms with E-state index in [9.17, 15) is 0 Å². The second-order valence-corrected chi connectivity index (χ2v) is 4.94. The van der Waals surface area contributed by atoms with Gasteiger partial charge in [-0.2, -0.15) is 0 Å². The molecule has 0 saturated carbocycles. The summed E-state index contributed by atoms with van der Waals surface area (Å²) in [5, 5.41) is 2.51. The summed E-state index contributed by atoms with van der Waals surface area (Å²) in [6, 6.07) is 16.9. The summed E-state index contributed by atoms with van der Waals surface area (Å²) in [6.45, 7) is 0. The van der Waals surface area contributed by atoms with Gasteiger partial charge in [0.05, 0.1) is 11.0 Å². The molecule has 1 aliphatic rings. The van der Waals surface area contributed by atoms with Crippen molar-refractivity contribution in [1.29, 1.82) is 0 Å². The Bertz CT molecular complexity index is 883. The Morgan fingerprint density at radius 3 is 2.00 bits per heavy atom. The van der Waals surface area contributed by atoms with Crippen LogP contribution < -0.4 is 0 Å². The van der Waals surface area contributed by atoms with Crippen LogP contribution in [0.3, 0.4) is 0 Å². The van der Waals surface area contributed by atoms with E-state index in [1.165, 1.54) is 21.8 Å². The number of hydrogen-bond donors (Lipinski definition) is 0. The second kappa shape index (κ2) is 4.91. The smallest absolute Gasteiger partial charge is 0.137 e. The van der Waals surface area contributed by atoms with E-state index < -0.39 is 0 Å². The molecule has 0 atom stereocenters. The first-order valence-electron chi connectivity index (χ1n) is 7.01. The van der Waals surface area contributed by atoms with E-state index in [0.29, 0.717) is 0 Å². The van der Waals surface area contributed by atoms with Crippen molar-refractivity contribution in [2.24, 2.45) is 4.99 Å². The highest BCUT2D eigenvalue weighted by molar-refractivity contribution is 6.16. The number of aliphatic imine (C=N–C) groups is 1. The average molecular weight is 270 g/mol. The number of nitrogens with zero attached hydrogens (tertiary/aromatic N) is 2. The Kier molecular flexibility index (Phi) is 2.79. The molecule has 0 aliphatic carbocycles. The fourth-order valence-corrected chi connectivity index (χ4v) is 2.78. The van der Waals surface area contributed by atoms with Crippen LogP contribution in [0.5, 0.6) is 0 Å². The first-order chi connectivity index (χ1) is 10.4. The summed E-state index contributed by atoms with van der Waals surface area (Å²) >= 11 is 0. The van der Waals surface area contributed by atoms with Gasteiger partial charge in [0.2, 0.25) is 0 Å². The Morgan fingerprint density at radius 1 is 0.667 bits per heavy atom. The zero-order valence-corrected chi connectivity index (χ0v) is 11.5. The first kappa shape index (κ1) is 11.9. The van der Waals surface area contributed by atoms with Crippen LogP contribution in [-0.4, -0.2) is 10.4 Å². The molecule has 1 aromatic heterocycles. The maximum absolute atomic E-state index is 4.59. The largest absolute Gasteiger partial charge is 0.294 e. The molecule has 0 fully saturated rings. The predicted octanol–water partition coefficient (Wildman–Crippen LogP) is 4.68. The molecule has 0 bridgehead atoms. The van der Waals surface area contributed by atoms with Gasteiger partial charge in [0, 0.05) is 17.0 Å². The number of allylic oxidation sites excluding steroid dienone is 5. The molecular weight excluding hydrogens is 256 g/mol. The number of hydrogen-bond acceptors (Lipinski definition) is 1. The van der Waals surface area contributed by atoms with Gasteiger partial charge >= 0.3 is 0 Å². The fraction of sp³-hybridized carbons (Fsp3) is 0. The summed E-state index contributed by atoms with van der Waals surface area (Å²) < 4.78 is 2.21. The van der Waals surface area contributed by atoms with Gasteiger partial charge in [-0.05, 0) is 24.3 Å². The van der Waals surface area contributed by atoms with Crippen LogP contribution in [0.15, 0.2) is 90.1 Å². The number of para-hydroxylation sites is 2. The highest BCUT2D eigenvalue weighted by Gasteiger charge is 2.12. The monoisotopic (exact) mass is 270 g/mol. The van der Waals surface area contributed by atoms with Crippen molar-refractivity contribution in [2.45, 2.75) is 0 Å². The van der Waals surface area contributed by atoms with E-state index in [1.807, 2.05) is 36.6 Å². The number of benzene rings is 2. The highest BCUT2D eigenvalue weighted by atomic mass is 15.1. The van der Waals surface area contributed by atoms with Gasteiger partial charge in [0.15, 0.2) is 0 Å². The molecule has 21 heavy (non-hydrogen) atoms. The number of rotatable bonds is 0. The van der Waals surface area contributed by atoms with E-state index in [-0.39, 0.29) is 0 Å². The van der Waals surface area contributed by atoms with Crippen LogP contribution in [0.1, 0.15) is 0 Å². The summed E-state index contributed by atoms with van der Waals surface area (Å²) in [5.74, 6) is 0.924. The van der Waals surface area contributed by atoms with E-state index >= 15 is 0 Å². The lowest BCUT2D eigenvalue weighted by Gasteiger charge is -2.07. The fourth-order valence-electron chi connectivity index (χ4n) is 2.78. The molecule has 0 spiro atoms. The number of fused-ring (bicyclic) bond motifs is 3. The maximum atomic E-state index is 4.59. The molecule has 2 heteroatoms. The van der Waals surface area contributed by atoms with Crippen LogP contribution in [0.25, 0.3) is 21.8 Å². The van der Waals surface area contributed by atoms with Crippen molar-refractivity contribution in [1.82, 2.24) is 4.57 Å². The lowest BCUT2D eigenvalue weighted by molar-refractivity contribution is 1.26. The molecule has 0 unspecified atom stereocenters. The lowest BCUT2D eigenvalue weighted by atomic mass is 10.2. The van der Waals surface area contributed by atoms with Crippen molar-refractivity contribution in [3.05, 3.63) is 85.1 Å². The van der Waals surface area contributed by atoms with Crippen molar-refractivity contribution in [2.75, 3.05) is 0 Å². The van der Waals surface area contributed by atoms with E-state index in [1.54, 1.807) is 0 Å². The Labute approximate surface area is 123 Å². The van der Waals surface area contributed by atoms with Crippen LogP contribution in [0.2, 0.25) is 0 Å². The Balaban J connectivity index is 2.11. The van der Waals surface area contributed by atoms with Crippen LogP contribution >= 0.6 is 0 Å². The minimum atomic E-state index is 0.924. The molecule has 4 rings (SSSR count). The average Bonchev–Trinajstić information content (AvgIpc) is 2.82. The minimum Gasteiger partial charge on any atom is -0.294 e. The molecule has 0 amide bonds. The van der Waals surface area contributed by atoms with E-state index in [4.69, 9.17) is 0 Å². The van der Waals surface area contributed by atoms with Gasteiger partial charge in [-0.1, -0.05) is 54.6 Å². The molecule has 100 valence electrons. The Hall–Kier alpha value is -2.87. The van der Waals surface area contributed by atoms with Gasteiger partial charge in [-0.25, -0.2) is 4.99 Å². The zero-order valence-electron chi connectivity index (χ0n) is 11.5. The second-order valence-electron chi connectivity index (χ2n) is 4.94. The van der Waals surface area contributed by atoms with Crippen molar-refractivity contribution < 1.29 is 0 Å². The number of aromatic nitrogens is 1. The molecule has 1 aliphatic heterocycles. The van der Waals surface area contributed by atoms with Gasteiger partial charge in [0.25, 0.3) is 0 Å². The lowest BCUT2D eigenvalue weighted by Crippen LogP contribution is -2.08. The van der Waals surface area contributed by atoms with Crippen LogP contribution in [-0.2, 0) is 0 Å². The quantitative estimate of drug-likeness (QED) is 0.564. The van der Waals surface area contributed by atoms with Crippen LogP contribution in [0.4, 0.5) is 0 Å². The summed E-state index contributed by atoms with van der Waals surface area (Å²) in [7, 11) is 0. The molecular formula is C19H14N2. The third-order valence-electron chi connectivity index (χ3n) is 3.68. The van der Waals surface area contributed by atoms with Gasteiger partial charge in [0.1, 0.15) is 5.84 Å². The summed E-state index contributed by atoms with van der Waals surface area (Å²) in [4.78, 5) is 4.59. The van der Waals surface area contributed by atoms with Crippen LogP contribution in [0, 0.1) is 0 Å². The summed E-state index contributed by atoms with van der Waals surface area (Å²) in [5.41, 5.74) is 2.36. The topological polar surface area (TPSA) is 17.3 Å². The third-order valence-corrected chi connectivity index (χ3v) is 3.68. The van der Waals surface area contributed by atoms with Crippen molar-refractivity contribution >= 4 is 27.6 Å². The summed E-state index contributed by atoms with van der Waals surface area (Å²) in [6.07, 6.45) is 11.8. The normalized spacial score (nSPS) is 21.4. The predicted molar refractivity (Wildman–Crippen MR) is 89.7 cm³/mol. The van der Waals surface area contributed by atoms with Gasteiger partial charge in [-0.15, -0.1) is 0 Å². The molecule has 0 radical (unpaired) electrons. The molecule has 2 aromatic carbocycles. The Morgan fingerprint density at radius 2 is 1.29 bits per heavy atom. The van der Waals surface area contributed by atoms with E-state index in [0.717, 1.165) is 5.84 Å². The highest BCUT2D eigenvalue weighted by Crippen LogP contribution is 2.28. The molecule has 0 saturated heterocycles. The minimum absolute atomic E-state index is 0.924.